The Kier molecular flexibility index (Phi) is 9.39. The molecule has 0 heterocycles. The first kappa shape index (κ1) is 23.5. The summed E-state index contributed by atoms with van der Waals surface area (Å²) in [6, 6.07) is 13.9. The van der Waals surface area contributed by atoms with Crippen molar-refractivity contribution >= 4 is 17.7 Å². The number of aliphatic carboxylic acids is 1. The molecule has 0 aromatic heterocycles. The number of carbonyl (C=O) groups is 2. The highest BCUT2D eigenvalue weighted by molar-refractivity contribution is 5.92. The summed E-state index contributed by atoms with van der Waals surface area (Å²) in [7, 11) is 1.79. The molecular weight excluding hydrogens is 376 g/mol. The van der Waals surface area contributed by atoms with Crippen LogP contribution >= 0.6 is 0 Å². The molecule has 0 aliphatic heterocycles. The van der Waals surface area contributed by atoms with Gasteiger partial charge in [0.1, 0.15) is 0 Å². The van der Waals surface area contributed by atoms with Gasteiger partial charge >= 0.3 is 12.0 Å². The molecule has 2 amide bonds. The van der Waals surface area contributed by atoms with Crippen molar-refractivity contribution in [3.05, 3.63) is 53.6 Å². The summed E-state index contributed by atoms with van der Waals surface area (Å²) in [4.78, 5) is 24.9. The quantitative estimate of drug-likeness (QED) is 0.460. The maximum absolute atomic E-state index is 12.5. The number of benzene rings is 2. The van der Waals surface area contributed by atoms with Crippen LogP contribution in [-0.2, 0) is 11.2 Å². The standard InChI is InChI=1S/C25H34N2O3/c1-4-5-6-7-8-16-26-25(30)27(3)22-11-9-10-21(18-22)23-14-12-20(17-19(23)2)13-15-24(28)29/h9-12,14,17-18H,4-8,13,15-16H2,1-3H3,(H,26,30)(H,28,29). The summed E-state index contributed by atoms with van der Waals surface area (Å²) in [6.07, 6.45) is 6.50. The van der Waals surface area contributed by atoms with E-state index in [1.165, 1.54) is 19.3 Å². The second-order valence-electron chi connectivity index (χ2n) is 7.80. The van der Waals surface area contributed by atoms with E-state index in [4.69, 9.17) is 5.11 Å². The first-order chi connectivity index (χ1) is 14.4. The van der Waals surface area contributed by atoms with Gasteiger partial charge in [0.25, 0.3) is 0 Å². The smallest absolute Gasteiger partial charge is 0.321 e. The Morgan fingerprint density at radius 2 is 1.80 bits per heavy atom. The van der Waals surface area contributed by atoms with E-state index in [2.05, 4.69) is 12.2 Å². The van der Waals surface area contributed by atoms with E-state index in [0.29, 0.717) is 13.0 Å². The van der Waals surface area contributed by atoms with E-state index in [1.807, 2.05) is 49.4 Å². The molecule has 0 aliphatic carbocycles. The van der Waals surface area contributed by atoms with Crippen LogP contribution in [0, 0.1) is 6.92 Å². The molecule has 30 heavy (non-hydrogen) atoms. The summed E-state index contributed by atoms with van der Waals surface area (Å²) in [6.45, 7) is 4.92. The Balaban J connectivity index is 2.01. The molecule has 2 N–H and O–H groups in total. The zero-order valence-corrected chi connectivity index (χ0v) is 18.4. The van der Waals surface area contributed by atoms with Crippen molar-refractivity contribution in [3.63, 3.8) is 0 Å². The lowest BCUT2D eigenvalue weighted by Crippen LogP contribution is -2.37. The molecule has 0 saturated heterocycles. The van der Waals surface area contributed by atoms with Gasteiger partial charge in [0.2, 0.25) is 0 Å². The van der Waals surface area contributed by atoms with Gasteiger partial charge < -0.3 is 10.4 Å². The molecule has 2 aromatic rings. The Morgan fingerprint density at radius 1 is 1.03 bits per heavy atom. The van der Waals surface area contributed by atoms with Gasteiger partial charge in [-0.1, -0.05) is 62.9 Å². The average molecular weight is 411 g/mol. The molecule has 0 radical (unpaired) electrons. The van der Waals surface area contributed by atoms with Gasteiger partial charge in [-0.2, -0.15) is 0 Å². The Labute approximate surface area is 180 Å². The number of rotatable bonds is 11. The fourth-order valence-electron chi connectivity index (χ4n) is 3.50. The molecule has 162 valence electrons. The lowest BCUT2D eigenvalue weighted by molar-refractivity contribution is -0.136. The van der Waals surface area contributed by atoms with Gasteiger partial charge in [0, 0.05) is 25.7 Å². The van der Waals surface area contributed by atoms with Crippen LogP contribution in [0.15, 0.2) is 42.5 Å². The third-order valence-electron chi connectivity index (χ3n) is 5.32. The fourth-order valence-corrected chi connectivity index (χ4v) is 3.50. The number of amides is 2. The summed E-state index contributed by atoms with van der Waals surface area (Å²) >= 11 is 0. The van der Waals surface area contributed by atoms with Gasteiger partial charge in [-0.15, -0.1) is 0 Å². The number of carbonyl (C=O) groups excluding carboxylic acids is 1. The first-order valence-corrected chi connectivity index (χ1v) is 10.9. The molecule has 2 rings (SSSR count). The minimum atomic E-state index is -0.785. The molecule has 2 aromatic carbocycles. The minimum absolute atomic E-state index is 0.0941. The second kappa shape index (κ2) is 12.0. The molecule has 5 heteroatoms. The zero-order chi connectivity index (χ0) is 21.9. The summed E-state index contributed by atoms with van der Waals surface area (Å²) in [5.74, 6) is -0.785. The van der Waals surface area contributed by atoms with E-state index in [0.717, 1.165) is 40.8 Å². The number of nitrogens with zero attached hydrogens (tertiary/aromatic N) is 1. The van der Waals surface area contributed by atoms with E-state index in [-0.39, 0.29) is 12.5 Å². The number of anilines is 1. The number of nitrogens with one attached hydrogen (secondary N) is 1. The van der Waals surface area contributed by atoms with Crippen LogP contribution in [0.3, 0.4) is 0 Å². The molecule has 0 unspecified atom stereocenters. The van der Waals surface area contributed by atoms with Crippen molar-refractivity contribution in [1.82, 2.24) is 5.32 Å². The van der Waals surface area contributed by atoms with Crippen LogP contribution in [0.25, 0.3) is 11.1 Å². The fraction of sp³-hybridized carbons (Fsp3) is 0.440. The monoisotopic (exact) mass is 410 g/mol. The van der Waals surface area contributed by atoms with Crippen molar-refractivity contribution in [1.29, 1.82) is 0 Å². The van der Waals surface area contributed by atoms with Gasteiger partial charge in [-0.25, -0.2) is 4.79 Å². The van der Waals surface area contributed by atoms with Crippen LogP contribution in [0.2, 0.25) is 0 Å². The SMILES string of the molecule is CCCCCCCNC(=O)N(C)c1cccc(-c2ccc(CCC(=O)O)cc2C)c1. The zero-order valence-electron chi connectivity index (χ0n) is 18.4. The third kappa shape index (κ3) is 7.21. The highest BCUT2D eigenvalue weighted by Crippen LogP contribution is 2.28. The molecule has 0 fully saturated rings. The lowest BCUT2D eigenvalue weighted by Gasteiger charge is -2.19. The minimum Gasteiger partial charge on any atom is -0.481 e. The van der Waals surface area contributed by atoms with Crippen molar-refractivity contribution in [2.75, 3.05) is 18.5 Å². The topological polar surface area (TPSA) is 69.6 Å². The molecule has 0 spiro atoms. The highest BCUT2D eigenvalue weighted by Gasteiger charge is 2.12. The number of hydrogen-bond acceptors (Lipinski definition) is 2. The van der Waals surface area contributed by atoms with Gasteiger partial charge in [0.05, 0.1) is 0 Å². The summed E-state index contributed by atoms with van der Waals surface area (Å²) in [5.41, 5.74) is 5.07. The second-order valence-corrected chi connectivity index (χ2v) is 7.80. The molecular formula is C25H34N2O3. The number of hydrogen-bond donors (Lipinski definition) is 2. The van der Waals surface area contributed by atoms with Crippen LogP contribution in [0.1, 0.15) is 56.6 Å². The number of unbranched alkanes of at least 4 members (excludes halogenated alkanes) is 4. The molecule has 0 aliphatic rings. The van der Waals surface area contributed by atoms with Crippen molar-refractivity contribution in [2.24, 2.45) is 0 Å². The number of aryl methyl sites for hydroxylation is 2. The first-order valence-electron chi connectivity index (χ1n) is 10.9. The van der Waals surface area contributed by atoms with E-state index >= 15 is 0 Å². The third-order valence-corrected chi connectivity index (χ3v) is 5.32. The van der Waals surface area contributed by atoms with E-state index in [9.17, 15) is 9.59 Å². The Hall–Kier alpha value is -2.82. The highest BCUT2D eigenvalue weighted by atomic mass is 16.4. The van der Waals surface area contributed by atoms with Gasteiger partial charge in [-0.3, -0.25) is 9.69 Å². The summed E-state index contributed by atoms with van der Waals surface area (Å²) < 4.78 is 0. The van der Waals surface area contributed by atoms with E-state index in [1.54, 1.807) is 11.9 Å². The lowest BCUT2D eigenvalue weighted by atomic mass is 9.96. The summed E-state index contributed by atoms with van der Waals surface area (Å²) in [5, 5.41) is 11.9. The van der Waals surface area contributed by atoms with Crippen LogP contribution in [0.5, 0.6) is 0 Å². The number of carboxylic acid groups (broad SMARTS) is 1. The Bertz CT molecular complexity index is 848. The van der Waals surface area contributed by atoms with Crippen LogP contribution < -0.4 is 10.2 Å². The van der Waals surface area contributed by atoms with Crippen LogP contribution in [-0.4, -0.2) is 30.7 Å². The number of carboxylic acids is 1. The predicted octanol–water partition coefficient (Wildman–Crippen LogP) is 5.80. The van der Waals surface area contributed by atoms with Crippen molar-refractivity contribution < 1.29 is 14.7 Å². The molecule has 0 bridgehead atoms. The van der Waals surface area contributed by atoms with Crippen LogP contribution in [0.4, 0.5) is 10.5 Å². The maximum Gasteiger partial charge on any atom is 0.321 e. The molecule has 0 saturated carbocycles. The van der Waals surface area contributed by atoms with Crippen molar-refractivity contribution in [3.8, 4) is 11.1 Å². The van der Waals surface area contributed by atoms with Crippen molar-refractivity contribution in [2.45, 2.75) is 58.8 Å². The average Bonchev–Trinajstić information content (AvgIpc) is 2.74. The van der Waals surface area contributed by atoms with E-state index < -0.39 is 5.97 Å². The number of urea groups is 1. The Morgan fingerprint density at radius 3 is 2.50 bits per heavy atom. The molecule has 5 nitrogen and oxygen atoms in total. The molecule has 0 atom stereocenters. The van der Waals surface area contributed by atoms with Gasteiger partial charge in [0.15, 0.2) is 0 Å². The normalized spacial score (nSPS) is 10.6. The largest absolute Gasteiger partial charge is 0.481 e. The van der Waals surface area contributed by atoms with Gasteiger partial charge in [-0.05, 0) is 54.2 Å². The maximum atomic E-state index is 12.5. The predicted molar refractivity (Wildman–Crippen MR) is 123 cm³/mol.